The third-order valence-electron chi connectivity index (χ3n) is 3.72. The molecule has 0 amide bonds. The average Bonchev–Trinajstić information content (AvgIpc) is 3.21. The first-order valence-corrected chi connectivity index (χ1v) is 8.22. The van der Waals surface area contributed by atoms with Crippen molar-refractivity contribution in [2.24, 2.45) is 0 Å². The monoisotopic (exact) mass is 356 g/mol. The molecule has 0 saturated carbocycles. The first-order valence-electron chi connectivity index (χ1n) is 8.22. The van der Waals surface area contributed by atoms with Crippen LogP contribution in [0.2, 0.25) is 0 Å². The molecule has 26 heavy (non-hydrogen) atoms. The van der Waals surface area contributed by atoms with Crippen LogP contribution in [0.3, 0.4) is 0 Å². The van der Waals surface area contributed by atoms with Crippen LogP contribution in [-0.2, 0) is 25.6 Å². The quantitative estimate of drug-likeness (QED) is 0.431. The van der Waals surface area contributed by atoms with Gasteiger partial charge in [0, 0.05) is 0 Å². The Labute approximate surface area is 151 Å². The van der Waals surface area contributed by atoms with Gasteiger partial charge in [0.1, 0.15) is 18.1 Å². The highest BCUT2D eigenvalue weighted by atomic mass is 16.7. The second-order valence-corrected chi connectivity index (χ2v) is 5.46. The summed E-state index contributed by atoms with van der Waals surface area (Å²) in [6.45, 7) is 1.40. The highest BCUT2D eigenvalue weighted by molar-refractivity contribution is 5.81. The number of benzene rings is 2. The van der Waals surface area contributed by atoms with Gasteiger partial charge in [-0.2, -0.15) is 0 Å². The lowest BCUT2D eigenvalue weighted by molar-refractivity contribution is -0.134. The fourth-order valence-corrected chi connectivity index (χ4v) is 2.48. The molecule has 0 radical (unpaired) electrons. The maximum Gasteiger partial charge on any atom is 0.333 e. The Bertz CT molecular complexity index is 750. The summed E-state index contributed by atoms with van der Waals surface area (Å²) < 4.78 is 27.4. The van der Waals surface area contributed by atoms with Crippen LogP contribution in [-0.4, -0.2) is 26.3 Å². The van der Waals surface area contributed by atoms with Crippen molar-refractivity contribution in [3.8, 4) is 11.5 Å². The minimum absolute atomic E-state index is 0.405. The zero-order valence-electron chi connectivity index (χ0n) is 14.4. The first kappa shape index (κ1) is 18.0. The Morgan fingerprint density at radius 2 is 1.81 bits per heavy atom. The van der Waals surface area contributed by atoms with Crippen molar-refractivity contribution in [3.05, 3.63) is 72.0 Å². The Kier molecular flexibility index (Phi) is 6.24. The number of carbonyl (C=O) groups excluding carboxylic acids is 1. The summed E-state index contributed by atoms with van der Waals surface area (Å²) in [4.78, 5) is 11.2. The molecule has 0 aliphatic carbocycles. The molecule has 0 spiro atoms. The zero-order valence-corrected chi connectivity index (χ0v) is 14.4. The molecule has 6 nitrogen and oxygen atoms in total. The van der Waals surface area contributed by atoms with E-state index < -0.39 is 12.3 Å². The highest BCUT2D eigenvalue weighted by Gasteiger charge is 2.26. The van der Waals surface area contributed by atoms with Gasteiger partial charge < -0.3 is 23.7 Å². The van der Waals surface area contributed by atoms with Crippen molar-refractivity contribution in [2.75, 3.05) is 20.3 Å². The van der Waals surface area contributed by atoms with Gasteiger partial charge in [0.2, 0.25) is 0 Å². The fourth-order valence-electron chi connectivity index (χ4n) is 2.48. The summed E-state index contributed by atoms with van der Waals surface area (Å²) >= 11 is 0. The lowest BCUT2D eigenvalue weighted by Gasteiger charge is -2.18. The van der Waals surface area contributed by atoms with Crippen LogP contribution in [0.4, 0.5) is 0 Å². The molecule has 136 valence electrons. The van der Waals surface area contributed by atoms with E-state index in [2.05, 4.69) is 4.74 Å². The molecule has 0 aromatic heterocycles. The largest absolute Gasteiger partial charge is 0.488 e. The summed E-state index contributed by atoms with van der Waals surface area (Å²) in [7, 11) is 1.30. The molecule has 0 unspecified atom stereocenters. The van der Waals surface area contributed by atoms with E-state index in [-0.39, 0.29) is 0 Å². The highest BCUT2D eigenvalue weighted by Crippen LogP contribution is 2.39. The third-order valence-corrected chi connectivity index (χ3v) is 3.72. The van der Waals surface area contributed by atoms with Crippen LogP contribution >= 0.6 is 0 Å². The van der Waals surface area contributed by atoms with Crippen molar-refractivity contribution < 1.29 is 28.5 Å². The van der Waals surface area contributed by atoms with Crippen LogP contribution < -0.4 is 9.47 Å². The van der Waals surface area contributed by atoms with Gasteiger partial charge in [-0.3, -0.25) is 0 Å². The van der Waals surface area contributed by atoms with Gasteiger partial charge in [-0.05, 0) is 17.7 Å². The van der Waals surface area contributed by atoms with E-state index in [1.54, 1.807) is 12.1 Å². The van der Waals surface area contributed by atoms with Gasteiger partial charge >= 0.3 is 5.97 Å². The van der Waals surface area contributed by atoms with E-state index in [0.717, 1.165) is 5.56 Å². The van der Waals surface area contributed by atoms with E-state index in [9.17, 15) is 4.79 Å². The van der Waals surface area contributed by atoms with Gasteiger partial charge in [0.15, 0.2) is 6.29 Å². The molecule has 1 heterocycles. The molecule has 6 heteroatoms. The molecule has 1 aliphatic heterocycles. The Hall–Kier alpha value is -2.83. The summed E-state index contributed by atoms with van der Waals surface area (Å²) in [6.07, 6.45) is 1.88. The number of carbonyl (C=O) groups is 1. The number of esters is 1. The van der Waals surface area contributed by atoms with E-state index in [4.69, 9.17) is 18.9 Å². The number of hydrogen-bond acceptors (Lipinski definition) is 6. The summed E-state index contributed by atoms with van der Waals surface area (Å²) in [5.41, 5.74) is 1.69. The maximum absolute atomic E-state index is 11.2. The predicted octanol–water partition coefficient (Wildman–Crippen LogP) is 3.38. The molecule has 0 bridgehead atoms. The van der Waals surface area contributed by atoms with E-state index in [1.165, 1.54) is 19.4 Å². The average molecular weight is 356 g/mol. The van der Waals surface area contributed by atoms with Gasteiger partial charge in [-0.1, -0.05) is 36.4 Å². The van der Waals surface area contributed by atoms with Crippen LogP contribution in [0.5, 0.6) is 11.5 Å². The molecule has 1 aliphatic rings. The molecule has 0 N–H and O–H groups in total. The molecule has 3 rings (SSSR count). The van der Waals surface area contributed by atoms with Crippen LogP contribution in [0.1, 0.15) is 17.4 Å². The Morgan fingerprint density at radius 1 is 1.08 bits per heavy atom. The minimum atomic E-state index is -0.580. The van der Waals surface area contributed by atoms with Gasteiger partial charge in [0.05, 0.1) is 38.2 Å². The number of hydrogen-bond donors (Lipinski definition) is 0. The van der Waals surface area contributed by atoms with Gasteiger partial charge in [-0.15, -0.1) is 0 Å². The number of methoxy groups -OCH3 is 1. The predicted molar refractivity (Wildman–Crippen MR) is 93.6 cm³/mol. The molecular weight excluding hydrogens is 336 g/mol. The summed E-state index contributed by atoms with van der Waals surface area (Å²) in [6, 6.07) is 15.2. The van der Waals surface area contributed by atoms with Crippen LogP contribution in [0.15, 0.2) is 60.9 Å². The molecule has 2 aromatic carbocycles. The van der Waals surface area contributed by atoms with Crippen molar-refractivity contribution in [1.29, 1.82) is 0 Å². The lowest BCUT2D eigenvalue weighted by Crippen LogP contribution is -2.06. The topological polar surface area (TPSA) is 63.2 Å². The Morgan fingerprint density at radius 3 is 2.54 bits per heavy atom. The third kappa shape index (κ3) is 4.62. The fraction of sp³-hybridized carbons (Fsp3) is 0.250. The van der Waals surface area contributed by atoms with Crippen molar-refractivity contribution in [2.45, 2.75) is 12.9 Å². The minimum Gasteiger partial charge on any atom is -0.488 e. The molecule has 1 saturated heterocycles. The van der Waals surface area contributed by atoms with Crippen molar-refractivity contribution >= 4 is 5.97 Å². The molecule has 2 aromatic rings. The second kappa shape index (κ2) is 9.03. The zero-order chi connectivity index (χ0) is 18.2. The lowest BCUT2D eigenvalue weighted by atomic mass is 10.1. The molecular formula is C20H20O6. The smallest absolute Gasteiger partial charge is 0.333 e. The van der Waals surface area contributed by atoms with E-state index in [0.29, 0.717) is 36.9 Å². The van der Waals surface area contributed by atoms with Crippen molar-refractivity contribution in [1.82, 2.24) is 0 Å². The molecule has 1 fully saturated rings. The SMILES string of the molecule is COC(=O)/C=C/Oc1cccc(OCc2ccccc2)c1C1OCCO1. The van der Waals surface area contributed by atoms with Crippen LogP contribution in [0, 0.1) is 0 Å². The second-order valence-electron chi connectivity index (χ2n) is 5.46. The Balaban J connectivity index is 1.81. The standard InChI is InChI=1S/C20H20O6/c1-22-18(21)10-11-23-16-8-5-9-17(19(16)20-24-12-13-25-20)26-14-15-6-3-2-4-7-15/h2-11,20H,12-14H2,1H3/b11-10+. The summed E-state index contributed by atoms with van der Waals surface area (Å²) in [5, 5.41) is 0. The summed E-state index contributed by atoms with van der Waals surface area (Å²) in [5.74, 6) is 0.587. The maximum atomic E-state index is 11.2. The normalized spacial score (nSPS) is 14.5. The van der Waals surface area contributed by atoms with E-state index >= 15 is 0 Å². The van der Waals surface area contributed by atoms with Gasteiger partial charge in [-0.25, -0.2) is 4.79 Å². The number of rotatable bonds is 7. The molecule has 0 atom stereocenters. The first-order chi connectivity index (χ1) is 12.8. The van der Waals surface area contributed by atoms with Gasteiger partial charge in [0.25, 0.3) is 0 Å². The van der Waals surface area contributed by atoms with E-state index in [1.807, 2.05) is 36.4 Å². The van der Waals surface area contributed by atoms with Crippen molar-refractivity contribution in [3.63, 3.8) is 0 Å². The van der Waals surface area contributed by atoms with Crippen LogP contribution in [0.25, 0.3) is 0 Å². The number of ether oxygens (including phenoxy) is 5.